The average molecular weight is 368 g/mol. The maximum Gasteiger partial charge on any atom is 0.339 e. The third kappa shape index (κ3) is 6.24. The Balaban J connectivity index is 1.92. The van der Waals surface area contributed by atoms with Gasteiger partial charge in [-0.1, -0.05) is 50.5 Å². The second-order valence-corrected chi connectivity index (χ2v) is 7.36. The number of nitrogens with zero attached hydrogens (tertiary/aromatic N) is 1. The molecule has 2 rings (SSSR count). The highest BCUT2D eigenvalue weighted by atomic mass is 32.2. The largest absolute Gasteiger partial charge is 0.444 e. The summed E-state index contributed by atoms with van der Waals surface area (Å²) >= 11 is 1.90. The zero-order valence-corrected chi connectivity index (χ0v) is 16.2. The lowest BCUT2D eigenvalue weighted by Crippen LogP contribution is -2.12. The highest BCUT2D eigenvalue weighted by Crippen LogP contribution is 2.25. The summed E-state index contributed by atoms with van der Waals surface area (Å²) in [7, 11) is 0. The number of thioether (sulfide) groups is 1. The molecule has 0 unspecified atom stereocenters. The minimum absolute atomic E-state index is 0.454. The van der Waals surface area contributed by atoms with E-state index < -0.39 is 12.1 Å². The molecule has 0 aliphatic heterocycles. The van der Waals surface area contributed by atoms with E-state index >= 15 is 0 Å². The van der Waals surface area contributed by atoms with Crippen LogP contribution in [0, 0.1) is 11.3 Å². The Hall–Kier alpha value is -2.25. The number of hydrogen-bond donors (Lipinski definition) is 0. The summed E-state index contributed by atoms with van der Waals surface area (Å²) in [5, 5.41) is 8.71. The lowest BCUT2D eigenvalue weighted by Gasteiger charge is -2.08. The number of carbonyl (C=O) groups is 1. The van der Waals surface area contributed by atoms with Gasteiger partial charge in [0.2, 0.25) is 0 Å². The summed E-state index contributed by atoms with van der Waals surface area (Å²) in [5.74, 6) is 0.692. The highest BCUT2D eigenvalue weighted by molar-refractivity contribution is 7.99. The van der Waals surface area contributed by atoms with Crippen LogP contribution in [0.2, 0.25) is 0 Å². The van der Waals surface area contributed by atoms with Gasteiger partial charge in [-0.05, 0) is 54.5 Å². The van der Waals surface area contributed by atoms with Gasteiger partial charge in [0.15, 0.2) is 6.10 Å². The molecule has 0 aromatic heterocycles. The fourth-order valence-electron chi connectivity index (χ4n) is 2.52. The summed E-state index contributed by atoms with van der Waals surface area (Å²) < 4.78 is 5.01. The molecule has 26 heavy (non-hydrogen) atoms. The predicted molar refractivity (Wildman–Crippen MR) is 107 cm³/mol. The van der Waals surface area contributed by atoms with Gasteiger partial charge in [0.05, 0.1) is 5.56 Å². The quantitative estimate of drug-likeness (QED) is 0.305. The summed E-state index contributed by atoms with van der Waals surface area (Å²) in [6, 6.07) is 17.7. The van der Waals surface area contributed by atoms with Gasteiger partial charge in [0.1, 0.15) is 6.07 Å². The van der Waals surface area contributed by atoms with Crippen LogP contribution in [0.25, 0.3) is 11.1 Å². The third-order valence-corrected chi connectivity index (χ3v) is 5.14. The molecule has 0 spiro atoms. The number of esters is 1. The summed E-state index contributed by atoms with van der Waals surface area (Å²) in [6.07, 6.45) is 4.42. The van der Waals surface area contributed by atoms with Crippen molar-refractivity contribution in [2.75, 3.05) is 5.75 Å². The van der Waals surface area contributed by atoms with E-state index in [9.17, 15) is 4.79 Å². The molecule has 0 amide bonds. The van der Waals surface area contributed by atoms with Crippen LogP contribution in [0.15, 0.2) is 53.4 Å². The van der Waals surface area contributed by atoms with E-state index in [0.29, 0.717) is 5.56 Å². The highest BCUT2D eigenvalue weighted by Gasteiger charge is 2.11. The topological polar surface area (TPSA) is 50.1 Å². The first-order valence-electron chi connectivity index (χ1n) is 9.08. The van der Waals surface area contributed by atoms with Gasteiger partial charge in [-0.25, -0.2) is 4.79 Å². The predicted octanol–water partition coefficient (Wildman–Crippen LogP) is 6.09. The molecule has 1 atom stereocenters. The molecule has 0 aliphatic carbocycles. The van der Waals surface area contributed by atoms with Gasteiger partial charge < -0.3 is 4.74 Å². The number of unbranched alkanes of at least 4 members (excludes halogenated alkanes) is 3. The molecular formula is C22H25NO2S. The number of ether oxygens (including phenoxy) is 1. The third-order valence-electron chi connectivity index (χ3n) is 4.04. The van der Waals surface area contributed by atoms with Gasteiger partial charge in [-0.2, -0.15) is 5.26 Å². The van der Waals surface area contributed by atoms with Gasteiger partial charge in [0, 0.05) is 4.90 Å². The zero-order chi connectivity index (χ0) is 18.8. The van der Waals surface area contributed by atoms with E-state index in [1.165, 1.54) is 30.6 Å². The monoisotopic (exact) mass is 367 g/mol. The van der Waals surface area contributed by atoms with Crippen LogP contribution in [0.5, 0.6) is 0 Å². The Labute approximate surface area is 160 Å². The van der Waals surface area contributed by atoms with Crippen molar-refractivity contribution in [1.29, 1.82) is 5.26 Å². The molecular weight excluding hydrogens is 342 g/mol. The summed E-state index contributed by atoms with van der Waals surface area (Å²) in [5.41, 5.74) is 2.62. The Morgan fingerprint density at radius 3 is 2.23 bits per heavy atom. The molecule has 0 fully saturated rings. The number of hydrogen-bond acceptors (Lipinski definition) is 4. The van der Waals surface area contributed by atoms with E-state index in [0.717, 1.165) is 16.9 Å². The Morgan fingerprint density at radius 2 is 1.65 bits per heavy atom. The minimum atomic E-state index is -0.741. The Morgan fingerprint density at radius 1 is 1.04 bits per heavy atom. The minimum Gasteiger partial charge on any atom is -0.444 e. The number of benzene rings is 2. The first-order chi connectivity index (χ1) is 12.6. The molecule has 3 nitrogen and oxygen atoms in total. The van der Waals surface area contributed by atoms with E-state index in [1.54, 1.807) is 19.1 Å². The lowest BCUT2D eigenvalue weighted by molar-refractivity contribution is 0.0435. The maximum atomic E-state index is 11.9. The normalized spacial score (nSPS) is 11.6. The number of carbonyl (C=O) groups excluding carboxylic acids is 1. The SMILES string of the molecule is CCCCCCSc1ccc(-c2ccc(C(=O)O[C@H](C)C#N)cc2)cc1. The first-order valence-corrected chi connectivity index (χ1v) is 10.1. The fraction of sp³-hybridized carbons (Fsp3) is 0.364. The van der Waals surface area contributed by atoms with Crippen LogP contribution in [0.1, 0.15) is 49.9 Å². The van der Waals surface area contributed by atoms with Crippen molar-refractivity contribution >= 4 is 17.7 Å². The van der Waals surface area contributed by atoms with Crippen molar-refractivity contribution in [3.63, 3.8) is 0 Å². The number of rotatable bonds is 9. The Bertz CT molecular complexity index is 732. The fourth-order valence-corrected chi connectivity index (χ4v) is 3.43. The van der Waals surface area contributed by atoms with Crippen LogP contribution < -0.4 is 0 Å². The smallest absolute Gasteiger partial charge is 0.339 e. The van der Waals surface area contributed by atoms with Crippen LogP contribution in [-0.2, 0) is 4.74 Å². The molecule has 0 bridgehead atoms. The van der Waals surface area contributed by atoms with E-state index in [4.69, 9.17) is 10.00 Å². The number of nitriles is 1. The molecule has 2 aromatic rings. The Kier molecular flexibility index (Phi) is 8.24. The van der Waals surface area contributed by atoms with Crippen molar-refractivity contribution in [1.82, 2.24) is 0 Å². The molecule has 0 aliphatic rings. The zero-order valence-electron chi connectivity index (χ0n) is 15.4. The maximum absolute atomic E-state index is 11.9. The lowest BCUT2D eigenvalue weighted by atomic mass is 10.0. The molecule has 2 aromatic carbocycles. The van der Waals surface area contributed by atoms with E-state index in [2.05, 4.69) is 31.2 Å². The molecule has 0 saturated carbocycles. The van der Waals surface area contributed by atoms with Crippen LogP contribution in [-0.4, -0.2) is 17.8 Å². The van der Waals surface area contributed by atoms with Gasteiger partial charge in [-0.15, -0.1) is 11.8 Å². The molecule has 4 heteroatoms. The molecule has 136 valence electrons. The molecule has 0 N–H and O–H groups in total. The molecule has 0 saturated heterocycles. The van der Waals surface area contributed by atoms with Crippen LogP contribution in [0.3, 0.4) is 0 Å². The van der Waals surface area contributed by atoms with Gasteiger partial charge in [-0.3, -0.25) is 0 Å². The van der Waals surface area contributed by atoms with Crippen LogP contribution in [0.4, 0.5) is 0 Å². The van der Waals surface area contributed by atoms with E-state index in [-0.39, 0.29) is 0 Å². The first kappa shape index (κ1) is 20.1. The second-order valence-electron chi connectivity index (χ2n) is 6.19. The van der Waals surface area contributed by atoms with Gasteiger partial charge in [0.25, 0.3) is 0 Å². The van der Waals surface area contributed by atoms with Crippen LogP contribution >= 0.6 is 11.8 Å². The van der Waals surface area contributed by atoms with Crippen molar-refractivity contribution in [2.24, 2.45) is 0 Å². The molecule has 0 heterocycles. The van der Waals surface area contributed by atoms with Crippen molar-refractivity contribution < 1.29 is 9.53 Å². The van der Waals surface area contributed by atoms with Crippen molar-refractivity contribution in [3.05, 3.63) is 54.1 Å². The van der Waals surface area contributed by atoms with Gasteiger partial charge >= 0.3 is 5.97 Å². The summed E-state index contributed by atoms with van der Waals surface area (Å²) in [6.45, 7) is 3.78. The molecule has 0 radical (unpaired) electrons. The van der Waals surface area contributed by atoms with Crippen molar-refractivity contribution in [3.8, 4) is 17.2 Å². The van der Waals surface area contributed by atoms with Crippen molar-refractivity contribution in [2.45, 2.75) is 50.5 Å². The standard InChI is InChI=1S/C22H25NO2S/c1-3-4-5-6-15-26-21-13-11-19(12-14-21)18-7-9-20(10-8-18)22(24)25-17(2)16-23/h7-14,17H,3-6,15H2,1-2H3/t17-/m1/s1. The van der Waals surface area contributed by atoms with E-state index in [1.807, 2.05) is 30.0 Å². The average Bonchev–Trinajstić information content (AvgIpc) is 2.68. The second kappa shape index (κ2) is 10.7. The summed E-state index contributed by atoms with van der Waals surface area (Å²) in [4.78, 5) is 13.2.